The van der Waals surface area contributed by atoms with Crippen LogP contribution in [0, 0.1) is 17.7 Å². The van der Waals surface area contributed by atoms with E-state index in [0.29, 0.717) is 11.0 Å². The van der Waals surface area contributed by atoms with E-state index in [1.54, 1.807) is 0 Å². The van der Waals surface area contributed by atoms with Gasteiger partial charge in [0.15, 0.2) is 0 Å². The third-order valence-electron chi connectivity index (χ3n) is 3.88. The van der Waals surface area contributed by atoms with Crippen LogP contribution in [0.5, 0.6) is 0 Å². The van der Waals surface area contributed by atoms with Crippen LogP contribution in [0.3, 0.4) is 0 Å². The average molecular weight is 315 g/mol. The van der Waals surface area contributed by atoms with E-state index in [0.717, 1.165) is 23.9 Å². The lowest BCUT2D eigenvalue weighted by atomic mass is 10.1. The fourth-order valence-electron chi connectivity index (χ4n) is 2.44. The van der Waals surface area contributed by atoms with E-state index in [9.17, 15) is 4.39 Å². The first-order valence-electron chi connectivity index (χ1n) is 6.38. The quantitative estimate of drug-likeness (QED) is 0.904. The average Bonchev–Trinajstić information content (AvgIpc) is 3.00. The molecule has 0 spiro atoms. The fourth-order valence-corrected chi connectivity index (χ4v) is 2.84. The summed E-state index contributed by atoms with van der Waals surface area (Å²) in [6.45, 7) is 3.90. The summed E-state index contributed by atoms with van der Waals surface area (Å²) >= 11 is 3.23. The summed E-state index contributed by atoms with van der Waals surface area (Å²) in [5.41, 5.74) is 6.94. The molecule has 100 valence electrons. The maximum absolute atomic E-state index is 13.2. The van der Waals surface area contributed by atoms with Crippen LogP contribution in [0.15, 0.2) is 22.7 Å². The largest absolute Gasteiger partial charge is 0.329 e. The van der Waals surface area contributed by atoms with Crippen LogP contribution in [0.25, 0.3) is 0 Å². The van der Waals surface area contributed by atoms with E-state index in [1.165, 1.54) is 12.5 Å². The van der Waals surface area contributed by atoms with Gasteiger partial charge in [-0.1, -0.05) is 13.0 Å². The molecule has 0 aliphatic heterocycles. The first kappa shape index (κ1) is 14.0. The molecule has 1 aromatic rings. The Labute approximate surface area is 116 Å². The van der Waals surface area contributed by atoms with Gasteiger partial charge in [-0.25, -0.2) is 4.39 Å². The molecule has 1 aliphatic carbocycles. The summed E-state index contributed by atoms with van der Waals surface area (Å²) < 4.78 is 13.8. The van der Waals surface area contributed by atoms with Crippen molar-refractivity contribution >= 4 is 15.9 Å². The predicted octanol–water partition coefficient (Wildman–Crippen LogP) is 3.18. The van der Waals surface area contributed by atoms with Crippen molar-refractivity contribution in [2.75, 3.05) is 20.1 Å². The standard InChI is InChI=1S/C14H20BrFN2/c1-9-5-11(9)8-18(2)14(7-17)10-3-4-13(16)12(15)6-10/h3-4,6,9,11,14H,5,7-8,17H2,1-2H3. The second-order valence-corrected chi connectivity index (χ2v) is 6.19. The Hall–Kier alpha value is -0.450. The molecule has 3 unspecified atom stereocenters. The van der Waals surface area contributed by atoms with Gasteiger partial charge in [0.2, 0.25) is 0 Å². The van der Waals surface area contributed by atoms with Crippen molar-refractivity contribution in [2.24, 2.45) is 17.6 Å². The number of rotatable bonds is 5. The Balaban J connectivity index is 2.08. The monoisotopic (exact) mass is 314 g/mol. The molecule has 2 nitrogen and oxygen atoms in total. The third kappa shape index (κ3) is 3.11. The Morgan fingerprint density at radius 3 is 2.72 bits per heavy atom. The summed E-state index contributed by atoms with van der Waals surface area (Å²) in [5, 5.41) is 0. The number of halogens is 2. The van der Waals surface area contributed by atoms with Crippen LogP contribution in [0.1, 0.15) is 24.9 Å². The van der Waals surface area contributed by atoms with Gasteiger partial charge in [-0.2, -0.15) is 0 Å². The summed E-state index contributed by atoms with van der Waals surface area (Å²) in [7, 11) is 2.10. The van der Waals surface area contributed by atoms with Crippen molar-refractivity contribution in [3.8, 4) is 0 Å². The summed E-state index contributed by atoms with van der Waals surface area (Å²) in [6, 6.07) is 5.31. The second kappa shape index (κ2) is 5.68. The maximum atomic E-state index is 13.2. The molecule has 3 atom stereocenters. The Kier molecular flexibility index (Phi) is 4.41. The number of hydrogen-bond donors (Lipinski definition) is 1. The molecule has 0 bridgehead atoms. The van der Waals surface area contributed by atoms with E-state index in [1.807, 2.05) is 12.1 Å². The number of benzene rings is 1. The lowest BCUT2D eigenvalue weighted by Crippen LogP contribution is -2.32. The molecule has 1 fully saturated rings. The minimum atomic E-state index is -0.229. The zero-order valence-electron chi connectivity index (χ0n) is 10.9. The summed E-state index contributed by atoms with van der Waals surface area (Å²) in [4.78, 5) is 2.29. The molecule has 2 N–H and O–H groups in total. The summed E-state index contributed by atoms with van der Waals surface area (Å²) in [6.07, 6.45) is 1.31. The van der Waals surface area contributed by atoms with Crippen molar-refractivity contribution in [2.45, 2.75) is 19.4 Å². The molecule has 4 heteroatoms. The van der Waals surface area contributed by atoms with Gasteiger partial charge >= 0.3 is 0 Å². The lowest BCUT2D eigenvalue weighted by Gasteiger charge is -2.27. The molecule has 0 aromatic heterocycles. The minimum absolute atomic E-state index is 0.162. The van der Waals surface area contributed by atoms with Crippen molar-refractivity contribution < 1.29 is 4.39 Å². The smallest absolute Gasteiger partial charge is 0.137 e. The van der Waals surface area contributed by atoms with Crippen LogP contribution in [0.2, 0.25) is 0 Å². The highest BCUT2D eigenvalue weighted by atomic mass is 79.9. The van der Waals surface area contributed by atoms with Crippen molar-refractivity contribution in [3.05, 3.63) is 34.1 Å². The third-order valence-corrected chi connectivity index (χ3v) is 4.49. The van der Waals surface area contributed by atoms with E-state index < -0.39 is 0 Å². The van der Waals surface area contributed by atoms with Gasteiger partial charge in [0.05, 0.1) is 4.47 Å². The molecule has 18 heavy (non-hydrogen) atoms. The highest BCUT2D eigenvalue weighted by Crippen LogP contribution is 2.39. The highest BCUT2D eigenvalue weighted by molar-refractivity contribution is 9.10. The van der Waals surface area contributed by atoms with Crippen LogP contribution in [-0.2, 0) is 0 Å². The van der Waals surface area contributed by atoms with Crippen LogP contribution >= 0.6 is 15.9 Å². The minimum Gasteiger partial charge on any atom is -0.329 e. The van der Waals surface area contributed by atoms with Crippen molar-refractivity contribution in [1.82, 2.24) is 4.90 Å². The number of nitrogens with two attached hydrogens (primary N) is 1. The van der Waals surface area contributed by atoms with Gasteiger partial charge in [-0.15, -0.1) is 0 Å². The molecule has 1 saturated carbocycles. The first-order valence-corrected chi connectivity index (χ1v) is 7.17. The van der Waals surface area contributed by atoms with Crippen LogP contribution < -0.4 is 5.73 Å². The zero-order valence-corrected chi connectivity index (χ0v) is 12.5. The van der Waals surface area contributed by atoms with E-state index >= 15 is 0 Å². The van der Waals surface area contributed by atoms with E-state index in [-0.39, 0.29) is 11.9 Å². The molecule has 0 saturated heterocycles. The van der Waals surface area contributed by atoms with E-state index in [2.05, 4.69) is 34.8 Å². The van der Waals surface area contributed by atoms with Crippen LogP contribution in [0.4, 0.5) is 4.39 Å². The zero-order chi connectivity index (χ0) is 13.3. The van der Waals surface area contributed by atoms with Gasteiger partial charge < -0.3 is 5.73 Å². The highest BCUT2D eigenvalue weighted by Gasteiger charge is 2.34. The number of nitrogens with zero attached hydrogens (tertiary/aromatic N) is 1. The molecule has 2 rings (SSSR count). The molecular weight excluding hydrogens is 295 g/mol. The fraction of sp³-hybridized carbons (Fsp3) is 0.571. The lowest BCUT2D eigenvalue weighted by molar-refractivity contribution is 0.236. The Bertz CT molecular complexity index is 424. The number of hydrogen-bond acceptors (Lipinski definition) is 2. The van der Waals surface area contributed by atoms with Gasteiger partial charge in [0, 0.05) is 19.1 Å². The maximum Gasteiger partial charge on any atom is 0.137 e. The van der Waals surface area contributed by atoms with Gasteiger partial charge in [0.1, 0.15) is 5.82 Å². The van der Waals surface area contributed by atoms with Gasteiger partial charge in [0.25, 0.3) is 0 Å². The van der Waals surface area contributed by atoms with E-state index in [4.69, 9.17) is 5.73 Å². The molecule has 1 aliphatic rings. The van der Waals surface area contributed by atoms with Crippen molar-refractivity contribution in [3.63, 3.8) is 0 Å². The Morgan fingerprint density at radius 2 is 2.22 bits per heavy atom. The SMILES string of the molecule is CC1CC1CN(C)C(CN)c1ccc(F)c(Br)c1. The van der Waals surface area contributed by atoms with Crippen LogP contribution in [-0.4, -0.2) is 25.0 Å². The molecule has 0 heterocycles. The van der Waals surface area contributed by atoms with Gasteiger partial charge in [-0.05, 0) is 58.9 Å². The molecule has 1 aromatic carbocycles. The second-order valence-electron chi connectivity index (χ2n) is 5.34. The molecule has 0 amide bonds. The molecule has 0 radical (unpaired) electrons. The normalized spacial score (nSPS) is 24.3. The molecular formula is C14H20BrFN2. The predicted molar refractivity (Wildman–Crippen MR) is 75.8 cm³/mol. The Morgan fingerprint density at radius 1 is 1.56 bits per heavy atom. The summed E-state index contributed by atoms with van der Waals surface area (Å²) in [5.74, 6) is 1.41. The van der Waals surface area contributed by atoms with Gasteiger partial charge in [-0.3, -0.25) is 4.90 Å². The topological polar surface area (TPSA) is 29.3 Å². The van der Waals surface area contributed by atoms with Crippen molar-refractivity contribution in [1.29, 1.82) is 0 Å². The number of likely N-dealkylation sites (N-methyl/N-ethyl adjacent to an activating group) is 1. The first-order chi connectivity index (χ1) is 8.52.